The molecule has 7 atom stereocenters. The number of hydrogen-bond donors (Lipinski definition) is 16. The SMILES string of the molecule is C[C@H](NC(=O)[C@@H](N)CCC(N)=O)C(=O)N[C@@H](CCCCN)C(=O)N[C@@H](CO)C(=O)N[C@@H](CCC(N)=O)C(=O)NCC(=O)NCC(=O)N[C@@H](CO)C(=O)N[C@@H](CC(=O)O)C(=O)O. The molecular formula is C33H56N12O16. The van der Waals surface area contributed by atoms with E-state index in [0.717, 1.165) is 0 Å². The lowest BCUT2D eigenvalue weighted by Crippen LogP contribution is -2.59. The third-order valence-corrected chi connectivity index (χ3v) is 8.20. The molecule has 0 radical (unpaired) electrons. The molecular weight excluding hydrogens is 820 g/mol. The van der Waals surface area contributed by atoms with Gasteiger partial charge in [-0.2, -0.15) is 0 Å². The fourth-order valence-corrected chi connectivity index (χ4v) is 4.79. The summed E-state index contributed by atoms with van der Waals surface area (Å²) >= 11 is 0. The highest BCUT2D eigenvalue weighted by molar-refractivity contribution is 5.97. The van der Waals surface area contributed by atoms with Crippen LogP contribution in [0.1, 0.15) is 58.3 Å². The van der Waals surface area contributed by atoms with Crippen LogP contribution >= 0.6 is 0 Å². The first-order valence-corrected chi connectivity index (χ1v) is 18.6. The molecule has 0 aromatic carbocycles. The van der Waals surface area contributed by atoms with Crippen LogP contribution < -0.4 is 65.5 Å². The topological polar surface area (TPSA) is 486 Å². The molecule has 0 aromatic heterocycles. The van der Waals surface area contributed by atoms with Gasteiger partial charge in [0.05, 0.1) is 38.8 Å². The van der Waals surface area contributed by atoms with Crippen molar-refractivity contribution in [2.75, 3.05) is 32.8 Å². The molecule has 0 fully saturated rings. The first kappa shape index (κ1) is 54.5. The van der Waals surface area contributed by atoms with Crippen LogP contribution in [0, 0.1) is 0 Å². The number of carbonyl (C=O) groups excluding carboxylic acids is 10. The Hall–Kier alpha value is -6.52. The highest BCUT2D eigenvalue weighted by Crippen LogP contribution is 2.05. The van der Waals surface area contributed by atoms with Gasteiger partial charge in [0.2, 0.25) is 59.1 Å². The molecule has 0 aliphatic carbocycles. The lowest BCUT2D eigenvalue weighted by Gasteiger charge is -2.25. The molecule has 10 amide bonds. The van der Waals surface area contributed by atoms with Gasteiger partial charge in [0.15, 0.2) is 0 Å². The minimum atomic E-state index is -1.89. The average molecular weight is 877 g/mol. The van der Waals surface area contributed by atoms with Crippen molar-refractivity contribution in [2.45, 2.75) is 101 Å². The maximum Gasteiger partial charge on any atom is 0.326 e. The Bertz CT molecular complexity index is 1600. The number of carboxylic acids is 2. The Morgan fingerprint density at radius 3 is 1.52 bits per heavy atom. The number of aliphatic hydroxyl groups excluding tert-OH is 2. The number of nitrogens with two attached hydrogens (primary N) is 4. The fraction of sp³-hybridized carbons (Fsp3) is 0.636. The van der Waals surface area contributed by atoms with E-state index >= 15 is 0 Å². The third-order valence-electron chi connectivity index (χ3n) is 8.20. The van der Waals surface area contributed by atoms with Crippen LogP contribution in [0.15, 0.2) is 0 Å². The van der Waals surface area contributed by atoms with Gasteiger partial charge in [-0.15, -0.1) is 0 Å². The molecule has 0 aliphatic rings. The van der Waals surface area contributed by atoms with Crippen molar-refractivity contribution >= 4 is 71.0 Å². The third kappa shape index (κ3) is 23.0. The number of nitrogens with one attached hydrogen (secondary N) is 8. The lowest BCUT2D eigenvalue weighted by molar-refractivity contribution is -0.147. The van der Waals surface area contributed by atoms with Gasteiger partial charge in [-0.05, 0) is 45.6 Å². The van der Waals surface area contributed by atoms with Gasteiger partial charge in [0, 0.05) is 12.8 Å². The van der Waals surface area contributed by atoms with E-state index < -0.39 is 159 Å². The number of primary amides is 2. The zero-order valence-corrected chi connectivity index (χ0v) is 33.2. The van der Waals surface area contributed by atoms with Crippen LogP contribution in [0.2, 0.25) is 0 Å². The van der Waals surface area contributed by atoms with Gasteiger partial charge in [0.25, 0.3) is 0 Å². The second-order valence-electron chi connectivity index (χ2n) is 13.3. The van der Waals surface area contributed by atoms with Gasteiger partial charge >= 0.3 is 11.9 Å². The molecule has 28 nitrogen and oxygen atoms in total. The summed E-state index contributed by atoms with van der Waals surface area (Å²) in [6.07, 6.45) is -1.48. The zero-order chi connectivity index (χ0) is 46.8. The van der Waals surface area contributed by atoms with E-state index in [4.69, 9.17) is 33.1 Å². The lowest BCUT2D eigenvalue weighted by atomic mass is 10.1. The first-order valence-electron chi connectivity index (χ1n) is 18.6. The van der Waals surface area contributed by atoms with Crippen molar-refractivity contribution in [3.8, 4) is 0 Å². The molecule has 61 heavy (non-hydrogen) atoms. The molecule has 0 bridgehead atoms. The van der Waals surface area contributed by atoms with Gasteiger partial charge < -0.3 is 85.9 Å². The number of hydrogen-bond acceptors (Lipinski definition) is 16. The number of aliphatic carboxylic acids is 2. The van der Waals surface area contributed by atoms with Crippen LogP contribution in [0.5, 0.6) is 0 Å². The summed E-state index contributed by atoms with van der Waals surface area (Å²) in [5, 5.41) is 54.6. The number of unbranched alkanes of at least 4 members (excludes halogenated alkanes) is 1. The van der Waals surface area contributed by atoms with Crippen LogP contribution in [0.3, 0.4) is 0 Å². The van der Waals surface area contributed by atoms with Gasteiger partial charge in [-0.3, -0.25) is 52.7 Å². The first-order chi connectivity index (χ1) is 28.6. The molecule has 0 rings (SSSR count). The standard InChI is InChI=1S/C33H56N12O16/c1-15(40-28(55)16(35)5-7-22(36)48)27(54)42-17(4-2-3-9-34)30(57)45-21(14-47)32(59)43-18(6-8-23(37)49)29(56)39-11-24(50)38-12-25(51)41-20(13-46)31(58)44-19(33(60)61)10-26(52)53/h15-21,46-47H,2-14,34-35H2,1H3,(H2,36,48)(H2,37,49)(H,38,50)(H,39,56)(H,40,55)(H,41,51)(H,42,54)(H,43,59)(H,44,58)(H,45,57)(H,52,53)(H,60,61)/t15-,16-,17-,18-,19-,20-,21-/m0/s1. The molecule has 344 valence electrons. The summed E-state index contributed by atoms with van der Waals surface area (Å²) in [4.78, 5) is 146. The van der Waals surface area contributed by atoms with Crippen LogP contribution in [0.4, 0.5) is 0 Å². The summed E-state index contributed by atoms with van der Waals surface area (Å²) in [7, 11) is 0. The average Bonchev–Trinajstić information content (AvgIpc) is 3.19. The van der Waals surface area contributed by atoms with E-state index in [2.05, 4.69) is 31.9 Å². The number of rotatable bonds is 31. The molecule has 28 heteroatoms. The molecule has 20 N–H and O–H groups in total. The molecule has 0 aromatic rings. The van der Waals surface area contributed by atoms with E-state index in [1.54, 1.807) is 0 Å². The molecule has 0 unspecified atom stereocenters. The predicted octanol–water partition coefficient (Wildman–Crippen LogP) is -9.32. The monoisotopic (exact) mass is 876 g/mol. The molecule has 0 saturated carbocycles. The zero-order valence-electron chi connectivity index (χ0n) is 33.2. The van der Waals surface area contributed by atoms with Gasteiger partial charge in [-0.1, -0.05) is 0 Å². The number of carbonyl (C=O) groups is 12. The van der Waals surface area contributed by atoms with E-state index in [9.17, 15) is 67.7 Å². The minimum Gasteiger partial charge on any atom is -0.481 e. The van der Waals surface area contributed by atoms with E-state index in [0.29, 0.717) is 12.8 Å². The summed E-state index contributed by atoms with van der Waals surface area (Å²) < 4.78 is 0. The summed E-state index contributed by atoms with van der Waals surface area (Å²) in [5.41, 5.74) is 21.5. The number of carboxylic acid groups (broad SMARTS) is 2. The predicted molar refractivity (Wildman–Crippen MR) is 205 cm³/mol. The minimum absolute atomic E-state index is 0.0140. The van der Waals surface area contributed by atoms with E-state index in [-0.39, 0.29) is 25.8 Å². The summed E-state index contributed by atoms with van der Waals surface area (Å²) in [5.74, 6) is -13.0. The van der Waals surface area contributed by atoms with Crippen molar-refractivity contribution in [1.82, 2.24) is 42.5 Å². The summed E-state index contributed by atoms with van der Waals surface area (Å²) in [6.45, 7) is -2.25. The fourth-order valence-electron chi connectivity index (χ4n) is 4.79. The van der Waals surface area contributed by atoms with Crippen molar-refractivity contribution in [2.24, 2.45) is 22.9 Å². The number of amides is 10. The van der Waals surface area contributed by atoms with Crippen LogP contribution in [-0.4, -0.2) is 167 Å². The maximum absolute atomic E-state index is 13.3. The Balaban J connectivity index is 5.55. The highest BCUT2D eigenvalue weighted by atomic mass is 16.4. The highest BCUT2D eigenvalue weighted by Gasteiger charge is 2.32. The Morgan fingerprint density at radius 1 is 0.525 bits per heavy atom. The second-order valence-corrected chi connectivity index (χ2v) is 13.3. The second kappa shape index (κ2) is 28.8. The van der Waals surface area contributed by atoms with Gasteiger partial charge in [0.1, 0.15) is 36.3 Å². The Morgan fingerprint density at radius 2 is 1.00 bits per heavy atom. The van der Waals surface area contributed by atoms with Crippen molar-refractivity contribution in [3.05, 3.63) is 0 Å². The Labute approximate surface area is 347 Å². The molecule has 0 aliphatic heterocycles. The van der Waals surface area contributed by atoms with Crippen molar-refractivity contribution in [3.63, 3.8) is 0 Å². The van der Waals surface area contributed by atoms with Crippen molar-refractivity contribution < 1.29 is 78.0 Å². The maximum atomic E-state index is 13.3. The van der Waals surface area contributed by atoms with E-state index in [1.165, 1.54) is 6.92 Å². The van der Waals surface area contributed by atoms with E-state index in [1.807, 2.05) is 10.6 Å². The quantitative estimate of drug-likeness (QED) is 0.0288. The van der Waals surface area contributed by atoms with Gasteiger partial charge in [-0.25, -0.2) is 4.79 Å². The van der Waals surface area contributed by atoms with Crippen LogP contribution in [0.25, 0.3) is 0 Å². The molecule has 0 heterocycles. The van der Waals surface area contributed by atoms with Crippen molar-refractivity contribution in [1.29, 1.82) is 0 Å². The normalized spacial score (nSPS) is 14.1. The molecule has 0 spiro atoms. The Kier molecular flexibility index (Phi) is 25.7. The largest absolute Gasteiger partial charge is 0.481 e. The smallest absolute Gasteiger partial charge is 0.326 e. The van der Waals surface area contributed by atoms with Crippen LogP contribution in [-0.2, 0) is 57.5 Å². The number of aliphatic hydroxyl groups is 2. The summed E-state index contributed by atoms with van der Waals surface area (Å²) in [6, 6.07) is -10.7. The molecule has 0 saturated heterocycles.